The lowest BCUT2D eigenvalue weighted by Crippen LogP contribution is -2.44. The van der Waals surface area contributed by atoms with Gasteiger partial charge in [-0.3, -0.25) is 4.79 Å². The van der Waals surface area contributed by atoms with Crippen LogP contribution < -0.4 is 5.32 Å². The van der Waals surface area contributed by atoms with Crippen LogP contribution in [0.2, 0.25) is 10.0 Å². The molecule has 0 unspecified atom stereocenters. The van der Waals surface area contributed by atoms with Gasteiger partial charge in [0.25, 0.3) is 0 Å². The summed E-state index contributed by atoms with van der Waals surface area (Å²) < 4.78 is 0. The summed E-state index contributed by atoms with van der Waals surface area (Å²) in [4.78, 5) is 13.7. The van der Waals surface area contributed by atoms with Gasteiger partial charge in [0.15, 0.2) is 0 Å². The van der Waals surface area contributed by atoms with E-state index in [-0.39, 0.29) is 5.91 Å². The van der Waals surface area contributed by atoms with E-state index in [2.05, 4.69) is 5.32 Å². The standard InChI is InChI=1S/C13H16Cl2N2O/c1-17(13(18)4-9-6-16-7-9)8-10-2-3-11(14)5-12(10)15/h2-3,5,9,16H,4,6-8H2,1H3. The number of halogens is 2. The van der Waals surface area contributed by atoms with E-state index >= 15 is 0 Å². The summed E-state index contributed by atoms with van der Waals surface area (Å²) in [6.07, 6.45) is 0.606. The average Bonchev–Trinajstić information content (AvgIpc) is 2.27. The normalized spacial score (nSPS) is 15.3. The van der Waals surface area contributed by atoms with Gasteiger partial charge in [-0.15, -0.1) is 0 Å². The molecule has 18 heavy (non-hydrogen) atoms. The van der Waals surface area contributed by atoms with E-state index in [1.54, 1.807) is 24.1 Å². The summed E-state index contributed by atoms with van der Waals surface area (Å²) in [6.45, 7) is 2.41. The molecule has 0 saturated carbocycles. The third kappa shape index (κ3) is 3.37. The van der Waals surface area contributed by atoms with Gasteiger partial charge in [0.05, 0.1) is 0 Å². The van der Waals surface area contributed by atoms with Crippen molar-refractivity contribution in [2.75, 3.05) is 20.1 Å². The number of carbonyl (C=O) groups excluding carboxylic acids is 1. The highest BCUT2D eigenvalue weighted by Gasteiger charge is 2.22. The number of carbonyl (C=O) groups is 1. The van der Waals surface area contributed by atoms with Gasteiger partial charge in [0.1, 0.15) is 0 Å². The topological polar surface area (TPSA) is 32.3 Å². The second-order valence-corrected chi connectivity index (χ2v) is 5.56. The molecule has 2 rings (SSSR count). The molecule has 0 bridgehead atoms. The fourth-order valence-electron chi connectivity index (χ4n) is 1.89. The molecule has 1 aliphatic heterocycles. The lowest BCUT2D eigenvalue weighted by Gasteiger charge is -2.28. The van der Waals surface area contributed by atoms with Gasteiger partial charge in [-0.2, -0.15) is 0 Å². The Morgan fingerprint density at radius 2 is 2.17 bits per heavy atom. The SMILES string of the molecule is CN(Cc1ccc(Cl)cc1Cl)C(=O)CC1CNC1. The summed E-state index contributed by atoms with van der Waals surface area (Å²) in [5.41, 5.74) is 0.920. The third-order valence-corrected chi connectivity index (χ3v) is 3.76. The Labute approximate surface area is 117 Å². The number of amides is 1. The zero-order valence-electron chi connectivity index (χ0n) is 10.2. The fraction of sp³-hybridized carbons (Fsp3) is 0.462. The van der Waals surface area contributed by atoms with E-state index < -0.39 is 0 Å². The smallest absolute Gasteiger partial charge is 0.222 e. The van der Waals surface area contributed by atoms with Gasteiger partial charge in [0, 0.05) is 30.1 Å². The first-order chi connectivity index (χ1) is 8.56. The van der Waals surface area contributed by atoms with E-state index in [9.17, 15) is 4.79 Å². The molecule has 5 heteroatoms. The lowest BCUT2D eigenvalue weighted by atomic mass is 9.99. The van der Waals surface area contributed by atoms with Gasteiger partial charge >= 0.3 is 0 Å². The van der Waals surface area contributed by atoms with Crippen molar-refractivity contribution in [3.63, 3.8) is 0 Å². The highest BCUT2D eigenvalue weighted by atomic mass is 35.5. The first-order valence-electron chi connectivity index (χ1n) is 5.95. The van der Waals surface area contributed by atoms with Crippen molar-refractivity contribution < 1.29 is 4.79 Å². The monoisotopic (exact) mass is 286 g/mol. The molecule has 0 aliphatic carbocycles. The summed E-state index contributed by atoms with van der Waals surface area (Å²) in [7, 11) is 1.80. The number of benzene rings is 1. The molecule has 1 aromatic rings. The molecular weight excluding hydrogens is 271 g/mol. The van der Waals surface area contributed by atoms with Gasteiger partial charge in [-0.1, -0.05) is 29.3 Å². The highest BCUT2D eigenvalue weighted by molar-refractivity contribution is 6.35. The number of hydrogen-bond donors (Lipinski definition) is 1. The van der Waals surface area contributed by atoms with E-state index in [1.807, 2.05) is 6.07 Å². The second kappa shape index (κ2) is 5.91. The Balaban J connectivity index is 1.92. The minimum absolute atomic E-state index is 0.160. The van der Waals surface area contributed by atoms with Crippen LogP contribution in [0.3, 0.4) is 0 Å². The molecule has 1 amide bonds. The first-order valence-corrected chi connectivity index (χ1v) is 6.70. The van der Waals surface area contributed by atoms with Crippen LogP contribution >= 0.6 is 23.2 Å². The Bertz CT molecular complexity index is 447. The van der Waals surface area contributed by atoms with Gasteiger partial charge in [-0.25, -0.2) is 0 Å². The summed E-state index contributed by atoms with van der Waals surface area (Å²) in [6, 6.07) is 5.35. The summed E-state index contributed by atoms with van der Waals surface area (Å²) >= 11 is 11.9. The molecule has 1 aliphatic rings. The largest absolute Gasteiger partial charge is 0.341 e. The molecule has 0 atom stereocenters. The van der Waals surface area contributed by atoms with E-state index in [1.165, 1.54) is 0 Å². The minimum atomic E-state index is 0.160. The summed E-state index contributed by atoms with van der Waals surface area (Å²) in [5.74, 6) is 0.646. The Morgan fingerprint density at radius 1 is 1.44 bits per heavy atom. The van der Waals surface area contributed by atoms with Crippen molar-refractivity contribution in [2.24, 2.45) is 5.92 Å². The van der Waals surface area contributed by atoms with E-state index in [0.717, 1.165) is 18.7 Å². The first kappa shape index (κ1) is 13.7. The molecule has 1 saturated heterocycles. The number of rotatable bonds is 4. The van der Waals surface area contributed by atoms with Crippen LogP contribution in [0.5, 0.6) is 0 Å². The van der Waals surface area contributed by atoms with Gasteiger partial charge < -0.3 is 10.2 Å². The van der Waals surface area contributed by atoms with Crippen molar-refractivity contribution in [1.82, 2.24) is 10.2 Å². The molecule has 1 heterocycles. The average molecular weight is 287 g/mol. The van der Waals surface area contributed by atoms with Gasteiger partial charge in [0.2, 0.25) is 5.91 Å². The van der Waals surface area contributed by atoms with Crippen molar-refractivity contribution in [3.05, 3.63) is 33.8 Å². The van der Waals surface area contributed by atoms with Crippen LogP contribution in [0.1, 0.15) is 12.0 Å². The predicted octanol–water partition coefficient (Wildman–Crippen LogP) is 2.56. The number of hydrogen-bond acceptors (Lipinski definition) is 2. The van der Waals surface area contributed by atoms with Crippen molar-refractivity contribution in [3.8, 4) is 0 Å². The molecule has 0 radical (unpaired) electrons. The second-order valence-electron chi connectivity index (χ2n) is 4.71. The van der Waals surface area contributed by atoms with Crippen LogP contribution in [-0.4, -0.2) is 30.9 Å². The van der Waals surface area contributed by atoms with Gasteiger partial charge in [-0.05, 0) is 36.7 Å². The lowest BCUT2D eigenvalue weighted by molar-refractivity contribution is -0.131. The Hall–Kier alpha value is -0.770. The molecule has 98 valence electrons. The maximum atomic E-state index is 12.0. The number of nitrogens with one attached hydrogen (secondary N) is 1. The van der Waals surface area contributed by atoms with Crippen molar-refractivity contribution >= 4 is 29.1 Å². The Morgan fingerprint density at radius 3 is 2.72 bits per heavy atom. The van der Waals surface area contributed by atoms with E-state index in [0.29, 0.717) is 28.9 Å². The van der Waals surface area contributed by atoms with E-state index in [4.69, 9.17) is 23.2 Å². The molecule has 0 spiro atoms. The summed E-state index contributed by atoms with van der Waals surface area (Å²) in [5, 5.41) is 4.38. The minimum Gasteiger partial charge on any atom is -0.341 e. The molecule has 3 nitrogen and oxygen atoms in total. The quantitative estimate of drug-likeness (QED) is 0.923. The number of nitrogens with zero attached hydrogens (tertiary/aromatic N) is 1. The van der Waals surface area contributed by atoms with Crippen LogP contribution in [-0.2, 0) is 11.3 Å². The zero-order chi connectivity index (χ0) is 13.1. The van der Waals surface area contributed by atoms with Crippen LogP contribution in [0.4, 0.5) is 0 Å². The molecule has 1 N–H and O–H groups in total. The zero-order valence-corrected chi connectivity index (χ0v) is 11.8. The van der Waals surface area contributed by atoms with Crippen molar-refractivity contribution in [1.29, 1.82) is 0 Å². The molecule has 1 fully saturated rings. The maximum absolute atomic E-state index is 12.0. The highest BCUT2D eigenvalue weighted by Crippen LogP contribution is 2.22. The van der Waals surface area contributed by atoms with Crippen LogP contribution in [0.15, 0.2) is 18.2 Å². The van der Waals surface area contributed by atoms with Crippen LogP contribution in [0.25, 0.3) is 0 Å². The van der Waals surface area contributed by atoms with Crippen molar-refractivity contribution in [2.45, 2.75) is 13.0 Å². The molecule has 0 aromatic heterocycles. The maximum Gasteiger partial charge on any atom is 0.222 e. The fourth-order valence-corrected chi connectivity index (χ4v) is 2.36. The Kier molecular flexibility index (Phi) is 4.49. The van der Waals surface area contributed by atoms with Crippen LogP contribution in [0, 0.1) is 5.92 Å². The molecule has 1 aromatic carbocycles. The predicted molar refractivity (Wildman–Crippen MR) is 73.9 cm³/mol. The third-order valence-electron chi connectivity index (χ3n) is 3.18. The molecular formula is C13H16Cl2N2O.